The van der Waals surface area contributed by atoms with Gasteiger partial charge in [0.05, 0.1) is 32.7 Å². The monoisotopic (exact) mass is 534 g/mol. The number of nitrogens with two attached hydrogens (primary N) is 1. The fraction of sp³-hybridized carbons (Fsp3) is 0.0833. The summed E-state index contributed by atoms with van der Waals surface area (Å²) in [6.07, 6.45) is -3.35. The Morgan fingerprint density at radius 1 is 1.08 bits per heavy atom. The molecule has 0 aliphatic heterocycles. The van der Waals surface area contributed by atoms with Gasteiger partial charge >= 0.3 is 6.18 Å². The predicted octanol–water partition coefficient (Wildman–Crippen LogP) is 5.14. The van der Waals surface area contributed by atoms with Crippen LogP contribution in [0, 0.1) is 0 Å². The van der Waals surface area contributed by atoms with Crippen LogP contribution in [0.1, 0.15) is 11.1 Å². The molecule has 0 aliphatic carbocycles. The summed E-state index contributed by atoms with van der Waals surface area (Å²) in [5, 5.41) is 4.50. The number of rotatable bonds is 6. The molecule has 3 aromatic carbocycles. The predicted molar refractivity (Wildman–Crippen MR) is 131 cm³/mol. The van der Waals surface area contributed by atoms with Crippen LogP contribution in [-0.2, 0) is 11.0 Å². The Kier molecular flexibility index (Phi) is 7.00. The Balaban J connectivity index is 1.84. The second-order valence-corrected chi connectivity index (χ2v) is 8.28. The van der Waals surface area contributed by atoms with E-state index in [1.54, 1.807) is 18.2 Å². The van der Waals surface area contributed by atoms with Crippen molar-refractivity contribution in [3.63, 3.8) is 0 Å². The molecule has 0 saturated carbocycles. The maximum atomic E-state index is 13.3. The van der Waals surface area contributed by atoms with Crippen LogP contribution in [0.5, 0.6) is 5.75 Å². The lowest BCUT2D eigenvalue weighted by molar-refractivity contribution is -0.137. The van der Waals surface area contributed by atoms with Crippen molar-refractivity contribution in [3.05, 3.63) is 92.2 Å². The van der Waals surface area contributed by atoms with Gasteiger partial charge in [0.25, 0.3) is 11.5 Å². The number of ether oxygens (including phenoxy) is 1. The molecular formula is C24H15Cl2F3N4O3. The molecule has 1 amide bonds. The minimum Gasteiger partial charge on any atom is -0.481 e. The highest BCUT2D eigenvalue weighted by Crippen LogP contribution is 2.34. The zero-order valence-electron chi connectivity index (χ0n) is 18.1. The number of aromatic nitrogens is 2. The van der Waals surface area contributed by atoms with Gasteiger partial charge in [0.2, 0.25) is 0 Å². The fourth-order valence-electron chi connectivity index (χ4n) is 3.31. The maximum Gasteiger partial charge on any atom is 0.416 e. The van der Waals surface area contributed by atoms with Crippen LogP contribution in [0.3, 0.4) is 0 Å². The summed E-state index contributed by atoms with van der Waals surface area (Å²) in [4.78, 5) is 28.6. The van der Waals surface area contributed by atoms with Gasteiger partial charge in [-0.25, -0.2) is 4.98 Å². The zero-order valence-corrected chi connectivity index (χ0v) is 19.6. The third kappa shape index (κ3) is 5.34. The number of halogens is 5. The van der Waals surface area contributed by atoms with Crippen molar-refractivity contribution < 1.29 is 22.7 Å². The van der Waals surface area contributed by atoms with Gasteiger partial charge in [-0.1, -0.05) is 47.5 Å². The van der Waals surface area contributed by atoms with E-state index in [1.165, 1.54) is 36.5 Å². The molecule has 12 heteroatoms. The fourth-order valence-corrected chi connectivity index (χ4v) is 3.92. The maximum absolute atomic E-state index is 13.3. The minimum atomic E-state index is -4.59. The van der Waals surface area contributed by atoms with Crippen LogP contribution >= 0.6 is 23.2 Å². The number of alkyl halides is 3. The van der Waals surface area contributed by atoms with Crippen molar-refractivity contribution >= 4 is 46.2 Å². The molecule has 4 aromatic rings. The number of fused-ring (bicyclic) bond motifs is 1. The molecule has 0 bridgehead atoms. The van der Waals surface area contributed by atoms with E-state index in [0.29, 0.717) is 11.1 Å². The van der Waals surface area contributed by atoms with E-state index in [9.17, 15) is 22.8 Å². The number of nitrogens with zero attached hydrogens (tertiary/aromatic N) is 3. The van der Waals surface area contributed by atoms with E-state index in [2.05, 4.69) is 10.1 Å². The first-order chi connectivity index (χ1) is 17.0. The summed E-state index contributed by atoms with van der Waals surface area (Å²) in [6.45, 7) is -0.439. The van der Waals surface area contributed by atoms with Gasteiger partial charge in [-0.2, -0.15) is 22.9 Å². The Bertz CT molecular complexity index is 1550. The van der Waals surface area contributed by atoms with E-state index in [-0.39, 0.29) is 32.6 Å². The number of hydrogen-bond donors (Lipinski definition) is 1. The van der Waals surface area contributed by atoms with E-state index in [1.807, 2.05) is 0 Å². The molecule has 0 saturated heterocycles. The number of primary amides is 1. The first-order valence-electron chi connectivity index (χ1n) is 10.2. The van der Waals surface area contributed by atoms with Crippen LogP contribution in [0.4, 0.5) is 13.2 Å². The summed E-state index contributed by atoms with van der Waals surface area (Å²) in [7, 11) is 0. The van der Waals surface area contributed by atoms with Crippen molar-refractivity contribution in [1.29, 1.82) is 0 Å². The molecule has 36 heavy (non-hydrogen) atoms. The summed E-state index contributed by atoms with van der Waals surface area (Å²) >= 11 is 12.4. The number of carbonyl (C=O) groups excluding carboxylic acids is 1. The third-order valence-corrected chi connectivity index (χ3v) is 5.47. The average molecular weight is 535 g/mol. The highest BCUT2D eigenvalue weighted by atomic mass is 35.5. The van der Waals surface area contributed by atoms with Crippen LogP contribution < -0.4 is 16.0 Å². The molecule has 184 valence electrons. The highest BCUT2D eigenvalue weighted by Gasteiger charge is 2.31. The molecule has 0 unspecified atom stereocenters. The Hall–Kier alpha value is -3.89. The normalized spacial score (nSPS) is 11.8. The average Bonchev–Trinajstić information content (AvgIpc) is 2.82. The summed E-state index contributed by atoms with van der Waals surface area (Å²) in [5.74, 6) is -0.791. The Morgan fingerprint density at radius 3 is 2.44 bits per heavy atom. The van der Waals surface area contributed by atoms with Gasteiger partial charge in [-0.15, -0.1) is 0 Å². The Labute approximate surface area is 211 Å². The van der Waals surface area contributed by atoms with Crippen molar-refractivity contribution in [3.8, 4) is 17.1 Å². The largest absolute Gasteiger partial charge is 0.481 e. The molecule has 0 atom stereocenters. The van der Waals surface area contributed by atoms with Crippen molar-refractivity contribution in [2.75, 3.05) is 6.61 Å². The number of hydrogen-bond acceptors (Lipinski definition) is 5. The van der Waals surface area contributed by atoms with Crippen LogP contribution in [0.25, 0.3) is 22.3 Å². The van der Waals surface area contributed by atoms with Gasteiger partial charge in [0.1, 0.15) is 0 Å². The standard InChI is InChI=1S/C24H15Cl2F3N4O3/c25-17-8-13(9-18(26)21(17)36-12-20(30)34)11-31-33-22(14-4-3-5-15(10-14)24(27,28)29)32-19-7-2-1-6-16(19)23(33)35/h1-11H,12H2,(H2,30,34). The number of para-hydroxylation sites is 1. The van der Waals surface area contributed by atoms with Gasteiger partial charge in [-0.3, -0.25) is 9.59 Å². The van der Waals surface area contributed by atoms with E-state index >= 15 is 0 Å². The smallest absolute Gasteiger partial charge is 0.416 e. The number of carbonyl (C=O) groups is 1. The second-order valence-electron chi connectivity index (χ2n) is 7.46. The molecular weight excluding hydrogens is 520 g/mol. The first-order valence-corrected chi connectivity index (χ1v) is 10.9. The molecule has 1 heterocycles. The van der Waals surface area contributed by atoms with Crippen molar-refractivity contribution in [2.45, 2.75) is 6.18 Å². The first kappa shape index (κ1) is 25.2. The summed E-state index contributed by atoms with van der Waals surface area (Å²) in [6, 6.07) is 13.7. The zero-order chi connectivity index (χ0) is 26.0. The van der Waals surface area contributed by atoms with E-state index < -0.39 is 29.8 Å². The van der Waals surface area contributed by atoms with Crippen LogP contribution in [-0.4, -0.2) is 28.4 Å². The summed E-state index contributed by atoms with van der Waals surface area (Å²) < 4.78 is 46.0. The highest BCUT2D eigenvalue weighted by molar-refractivity contribution is 6.37. The molecule has 0 radical (unpaired) electrons. The second kappa shape index (κ2) is 10.00. The molecule has 4 rings (SSSR count). The van der Waals surface area contributed by atoms with Crippen LogP contribution in [0.2, 0.25) is 10.0 Å². The minimum absolute atomic E-state index is 0.0310. The van der Waals surface area contributed by atoms with Crippen LogP contribution in [0.15, 0.2) is 70.6 Å². The quantitative estimate of drug-likeness (QED) is 0.346. The lowest BCUT2D eigenvalue weighted by Gasteiger charge is -2.12. The molecule has 2 N–H and O–H groups in total. The molecule has 7 nitrogen and oxygen atoms in total. The third-order valence-electron chi connectivity index (χ3n) is 4.90. The van der Waals surface area contributed by atoms with E-state index in [0.717, 1.165) is 16.8 Å². The molecule has 1 aromatic heterocycles. The van der Waals surface area contributed by atoms with Gasteiger partial charge in [0.15, 0.2) is 18.2 Å². The SMILES string of the molecule is NC(=O)COc1c(Cl)cc(C=Nn2c(-c3cccc(C(F)(F)F)c3)nc3ccccc3c2=O)cc1Cl. The number of amides is 1. The van der Waals surface area contributed by atoms with Gasteiger partial charge in [-0.05, 0) is 42.0 Å². The van der Waals surface area contributed by atoms with Gasteiger partial charge < -0.3 is 10.5 Å². The van der Waals surface area contributed by atoms with Gasteiger partial charge in [0, 0.05) is 5.56 Å². The molecule has 0 aliphatic rings. The van der Waals surface area contributed by atoms with E-state index in [4.69, 9.17) is 33.7 Å². The Morgan fingerprint density at radius 2 is 1.78 bits per heavy atom. The topological polar surface area (TPSA) is 99.6 Å². The summed E-state index contributed by atoms with van der Waals surface area (Å²) in [5.41, 5.74) is 4.24. The molecule has 0 spiro atoms. The molecule has 0 fully saturated rings. The van der Waals surface area contributed by atoms with Crippen molar-refractivity contribution in [2.24, 2.45) is 10.8 Å². The van der Waals surface area contributed by atoms with Crippen molar-refractivity contribution in [1.82, 2.24) is 9.66 Å². The lowest BCUT2D eigenvalue weighted by Crippen LogP contribution is -2.20. The number of benzene rings is 3. The lowest BCUT2D eigenvalue weighted by atomic mass is 10.1.